The molecule has 7 heteroatoms. The summed E-state index contributed by atoms with van der Waals surface area (Å²) >= 11 is 0. The fourth-order valence-electron chi connectivity index (χ4n) is 1.34. The van der Waals surface area contributed by atoms with Crippen molar-refractivity contribution >= 4 is 5.91 Å². The fraction of sp³-hybridized carbons (Fsp3) is 0.875. The van der Waals surface area contributed by atoms with E-state index in [1.54, 1.807) is 0 Å². The highest BCUT2D eigenvalue weighted by molar-refractivity contribution is 5.72. The van der Waals surface area contributed by atoms with E-state index in [-0.39, 0.29) is 12.5 Å². The molecule has 0 bridgehead atoms. The molecule has 0 spiro atoms. The van der Waals surface area contributed by atoms with Crippen LogP contribution in [-0.4, -0.2) is 63.6 Å². The Bertz CT molecular complexity index is 235. The molecule has 0 aliphatic carbocycles. The molecule has 1 rings (SSSR count). The van der Waals surface area contributed by atoms with E-state index in [0.29, 0.717) is 0 Å². The zero-order valence-electron chi connectivity index (χ0n) is 8.20. The molecule has 5 atom stereocenters. The first kappa shape index (κ1) is 12.3. The Morgan fingerprint density at radius 1 is 1.20 bits per heavy atom. The van der Waals surface area contributed by atoms with Crippen LogP contribution in [0.1, 0.15) is 6.92 Å². The molecule has 0 aromatic heterocycles. The highest BCUT2D eigenvalue weighted by Crippen LogP contribution is 2.19. The van der Waals surface area contributed by atoms with Gasteiger partial charge in [-0.15, -0.1) is 0 Å². The molecule has 1 amide bonds. The summed E-state index contributed by atoms with van der Waals surface area (Å²) in [6.45, 7) is 1.24. The minimum Gasteiger partial charge on any atom is -0.388 e. The average Bonchev–Trinajstić information content (AvgIpc) is 2.18. The predicted molar refractivity (Wildman–Crippen MR) is 47.6 cm³/mol. The summed E-state index contributed by atoms with van der Waals surface area (Å²) in [5, 5.41) is 39.4. The molecule has 0 radical (unpaired) electrons. The molecule has 1 fully saturated rings. The van der Waals surface area contributed by atoms with Gasteiger partial charge in [0.05, 0.1) is 0 Å². The van der Waals surface area contributed by atoms with Gasteiger partial charge in [-0.25, -0.2) is 0 Å². The van der Waals surface area contributed by atoms with E-state index in [0.717, 1.165) is 0 Å². The van der Waals surface area contributed by atoms with Crippen LogP contribution in [0.15, 0.2) is 0 Å². The van der Waals surface area contributed by atoms with Gasteiger partial charge in [-0.1, -0.05) is 0 Å². The van der Waals surface area contributed by atoms with E-state index >= 15 is 0 Å². The first-order valence-electron chi connectivity index (χ1n) is 4.55. The Morgan fingerprint density at radius 2 is 1.80 bits per heavy atom. The number of rotatable bonds is 2. The van der Waals surface area contributed by atoms with Crippen LogP contribution in [0.4, 0.5) is 0 Å². The summed E-state index contributed by atoms with van der Waals surface area (Å²) in [7, 11) is 0. The number of aliphatic hydroxyl groups excluding tert-OH is 4. The van der Waals surface area contributed by atoms with Gasteiger partial charge in [-0.05, 0) is 0 Å². The van der Waals surface area contributed by atoms with Crippen LogP contribution in [0.2, 0.25) is 0 Å². The number of ether oxygens (including phenoxy) is 1. The summed E-state index contributed by atoms with van der Waals surface area (Å²) in [4.78, 5) is 10.6. The van der Waals surface area contributed by atoms with Crippen molar-refractivity contribution in [3.8, 4) is 0 Å². The maximum absolute atomic E-state index is 10.6. The normalized spacial score (nSPS) is 41.3. The third kappa shape index (κ3) is 2.86. The summed E-state index contributed by atoms with van der Waals surface area (Å²) in [5.74, 6) is -0.319. The molecule has 0 aromatic carbocycles. The van der Waals surface area contributed by atoms with Gasteiger partial charge in [0.15, 0.2) is 6.29 Å². The smallest absolute Gasteiger partial charge is 0.216 e. The van der Waals surface area contributed by atoms with E-state index in [1.165, 1.54) is 6.92 Å². The molecule has 1 heterocycles. The molecule has 1 aliphatic heterocycles. The first-order valence-corrected chi connectivity index (χ1v) is 4.55. The van der Waals surface area contributed by atoms with E-state index in [2.05, 4.69) is 5.32 Å². The summed E-state index contributed by atoms with van der Waals surface area (Å²) in [6, 6.07) is 0. The molecule has 5 N–H and O–H groups in total. The zero-order chi connectivity index (χ0) is 11.6. The van der Waals surface area contributed by atoms with Crippen LogP contribution in [0, 0.1) is 0 Å². The summed E-state index contributed by atoms with van der Waals surface area (Å²) in [5.41, 5.74) is 0. The van der Waals surface area contributed by atoms with E-state index in [1.807, 2.05) is 0 Å². The van der Waals surface area contributed by atoms with Crippen molar-refractivity contribution in [3.05, 3.63) is 0 Å². The van der Waals surface area contributed by atoms with Gasteiger partial charge in [0.2, 0.25) is 5.91 Å². The third-order valence-electron chi connectivity index (χ3n) is 2.24. The molecular weight excluding hydrogens is 206 g/mol. The summed E-state index contributed by atoms with van der Waals surface area (Å²) < 4.78 is 4.81. The second kappa shape index (κ2) is 4.86. The topological polar surface area (TPSA) is 119 Å². The maximum atomic E-state index is 10.6. The van der Waals surface area contributed by atoms with Crippen molar-refractivity contribution < 1.29 is 30.0 Å². The number of aliphatic hydroxyl groups is 4. The van der Waals surface area contributed by atoms with Crippen LogP contribution < -0.4 is 5.32 Å². The molecule has 1 aliphatic rings. The van der Waals surface area contributed by atoms with Gasteiger partial charge in [0.25, 0.3) is 0 Å². The van der Waals surface area contributed by atoms with E-state index < -0.39 is 30.7 Å². The van der Waals surface area contributed by atoms with E-state index in [9.17, 15) is 15.0 Å². The quantitative estimate of drug-likeness (QED) is 0.337. The zero-order valence-corrected chi connectivity index (χ0v) is 8.20. The number of hydrogen-bond donors (Lipinski definition) is 5. The minimum absolute atomic E-state index is 0.0443. The Labute approximate surface area is 86.3 Å². The lowest BCUT2D eigenvalue weighted by Gasteiger charge is -2.38. The fourth-order valence-corrected chi connectivity index (χ4v) is 1.34. The van der Waals surface area contributed by atoms with Gasteiger partial charge >= 0.3 is 0 Å². The SMILES string of the molecule is CC(=O)NCC1O[C@@H](O)[C@@H](O)C(O)[C@@H]1O. The van der Waals surface area contributed by atoms with Gasteiger partial charge in [0.1, 0.15) is 24.4 Å². The van der Waals surface area contributed by atoms with E-state index in [4.69, 9.17) is 14.9 Å². The Hall–Kier alpha value is -0.730. The second-order valence-corrected chi connectivity index (χ2v) is 3.47. The number of amides is 1. The van der Waals surface area contributed by atoms with Crippen molar-refractivity contribution in [2.24, 2.45) is 0 Å². The van der Waals surface area contributed by atoms with Crippen LogP contribution in [0.5, 0.6) is 0 Å². The number of carbonyl (C=O) groups excluding carboxylic acids is 1. The molecular formula is C8H15NO6. The van der Waals surface area contributed by atoms with Crippen molar-refractivity contribution in [2.45, 2.75) is 37.6 Å². The highest BCUT2D eigenvalue weighted by Gasteiger charge is 2.42. The molecule has 2 unspecified atom stereocenters. The number of nitrogens with one attached hydrogen (secondary N) is 1. The standard InChI is InChI=1S/C8H15NO6/c1-3(10)9-2-4-5(11)6(12)7(13)8(14)15-4/h4-8,11-14H,2H2,1H3,(H,9,10)/t4?,5-,6?,7+,8-/m1/s1. The molecule has 1 saturated heterocycles. The number of carbonyl (C=O) groups is 1. The average molecular weight is 221 g/mol. The van der Waals surface area contributed by atoms with Crippen molar-refractivity contribution in [1.29, 1.82) is 0 Å². The van der Waals surface area contributed by atoms with Crippen LogP contribution in [-0.2, 0) is 9.53 Å². The Morgan fingerprint density at radius 3 is 2.33 bits per heavy atom. The molecule has 7 nitrogen and oxygen atoms in total. The van der Waals surface area contributed by atoms with Gasteiger partial charge in [-0.2, -0.15) is 0 Å². The summed E-state index contributed by atoms with van der Waals surface area (Å²) in [6.07, 6.45) is -6.90. The molecule has 88 valence electrons. The lowest BCUT2D eigenvalue weighted by molar-refractivity contribution is -0.280. The predicted octanol–water partition coefficient (Wildman–Crippen LogP) is -3.08. The molecule has 15 heavy (non-hydrogen) atoms. The monoisotopic (exact) mass is 221 g/mol. The molecule has 0 aromatic rings. The highest BCUT2D eigenvalue weighted by atomic mass is 16.6. The second-order valence-electron chi connectivity index (χ2n) is 3.47. The van der Waals surface area contributed by atoms with Crippen LogP contribution in [0.3, 0.4) is 0 Å². The maximum Gasteiger partial charge on any atom is 0.216 e. The first-order chi connectivity index (χ1) is 6.93. The Kier molecular flexibility index (Phi) is 4.00. The van der Waals surface area contributed by atoms with Gasteiger partial charge in [0, 0.05) is 13.5 Å². The van der Waals surface area contributed by atoms with Crippen LogP contribution >= 0.6 is 0 Å². The lowest BCUT2D eigenvalue weighted by Crippen LogP contribution is -2.59. The Balaban J connectivity index is 2.54. The van der Waals surface area contributed by atoms with Crippen molar-refractivity contribution in [2.75, 3.05) is 6.54 Å². The van der Waals surface area contributed by atoms with Crippen LogP contribution in [0.25, 0.3) is 0 Å². The largest absolute Gasteiger partial charge is 0.388 e. The minimum atomic E-state index is -1.57. The third-order valence-corrected chi connectivity index (χ3v) is 2.24. The van der Waals surface area contributed by atoms with Gasteiger partial charge in [-0.3, -0.25) is 4.79 Å². The van der Waals surface area contributed by atoms with Gasteiger partial charge < -0.3 is 30.5 Å². The molecule has 0 saturated carbocycles. The van der Waals surface area contributed by atoms with Crippen molar-refractivity contribution in [1.82, 2.24) is 5.32 Å². The van der Waals surface area contributed by atoms with Crippen molar-refractivity contribution in [3.63, 3.8) is 0 Å². The lowest BCUT2D eigenvalue weighted by atomic mass is 9.99. The number of hydrogen-bond acceptors (Lipinski definition) is 6.